The molecule has 0 amide bonds. The quantitative estimate of drug-likeness (QED) is 0.585. The van der Waals surface area contributed by atoms with Crippen LogP contribution in [0.15, 0.2) is 0 Å². The van der Waals surface area contributed by atoms with Crippen molar-refractivity contribution >= 4 is 0 Å². The van der Waals surface area contributed by atoms with Crippen molar-refractivity contribution in [2.45, 2.75) is 40.7 Å². The SMILES string of the molecule is CC(C)CNCC(C)COCCOC(C)C. The van der Waals surface area contributed by atoms with Crippen molar-refractivity contribution in [1.29, 1.82) is 0 Å². The first-order valence-corrected chi connectivity index (χ1v) is 6.42. The maximum Gasteiger partial charge on any atom is 0.0703 e. The van der Waals surface area contributed by atoms with E-state index >= 15 is 0 Å². The van der Waals surface area contributed by atoms with Gasteiger partial charge in [-0.1, -0.05) is 20.8 Å². The van der Waals surface area contributed by atoms with Crippen LogP contribution in [0.5, 0.6) is 0 Å². The van der Waals surface area contributed by atoms with Crippen LogP contribution >= 0.6 is 0 Å². The van der Waals surface area contributed by atoms with E-state index in [1.54, 1.807) is 0 Å². The van der Waals surface area contributed by atoms with E-state index in [1.807, 2.05) is 13.8 Å². The van der Waals surface area contributed by atoms with Crippen molar-refractivity contribution in [3.63, 3.8) is 0 Å². The lowest BCUT2D eigenvalue weighted by Gasteiger charge is -2.14. The molecule has 0 aliphatic heterocycles. The van der Waals surface area contributed by atoms with Gasteiger partial charge >= 0.3 is 0 Å². The van der Waals surface area contributed by atoms with Crippen molar-refractivity contribution in [2.75, 3.05) is 32.9 Å². The topological polar surface area (TPSA) is 30.5 Å². The van der Waals surface area contributed by atoms with Crippen LogP contribution in [-0.4, -0.2) is 39.0 Å². The van der Waals surface area contributed by atoms with Gasteiger partial charge in [-0.25, -0.2) is 0 Å². The summed E-state index contributed by atoms with van der Waals surface area (Å²) in [5.41, 5.74) is 0. The first kappa shape index (κ1) is 15.9. The molecule has 0 aliphatic rings. The molecule has 0 aromatic rings. The number of nitrogens with one attached hydrogen (secondary N) is 1. The summed E-state index contributed by atoms with van der Waals surface area (Å²) < 4.78 is 10.9. The van der Waals surface area contributed by atoms with Gasteiger partial charge in [0.05, 0.1) is 25.9 Å². The van der Waals surface area contributed by atoms with E-state index in [9.17, 15) is 0 Å². The summed E-state index contributed by atoms with van der Waals surface area (Å²) in [6.45, 7) is 15.1. The average Bonchev–Trinajstić information content (AvgIpc) is 2.16. The smallest absolute Gasteiger partial charge is 0.0703 e. The van der Waals surface area contributed by atoms with Gasteiger partial charge < -0.3 is 14.8 Å². The molecule has 0 aliphatic carbocycles. The van der Waals surface area contributed by atoms with Gasteiger partial charge in [0.2, 0.25) is 0 Å². The van der Waals surface area contributed by atoms with E-state index in [0.717, 1.165) is 19.7 Å². The minimum atomic E-state index is 0.300. The second kappa shape index (κ2) is 10.1. The highest BCUT2D eigenvalue weighted by Gasteiger charge is 2.02. The molecule has 1 unspecified atom stereocenters. The van der Waals surface area contributed by atoms with E-state index in [4.69, 9.17) is 9.47 Å². The van der Waals surface area contributed by atoms with Crippen LogP contribution in [-0.2, 0) is 9.47 Å². The van der Waals surface area contributed by atoms with Crippen LogP contribution in [0.4, 0.5) is 0 Å². The highest BCUT2D eigenvalue weighted by Crippen LogP contribution is 1.96. The zero-order valence-electron chi connectivity index (χ0n) is 11.6. The third-order valence-electron chi connectivity index (χ3n) is 2.13. The first-order valence-electron chi connectivity index (χ1n) is 6.42. The van der Waals surface area contributed by atoms with Crippen LogP contribution in [0.2, 0.25) is 0 Å². The Labute approximate surface area is 101 Å². The Hall–Kier alpha value is -0.120. The van der Waals surface area contributed by atoms with Gasteiger partial charge in [-0.05, 0) is 38.8 Å². The van der Waals surface area contributed by atoms with Crippen LogP contribution < -0.4 is 5.32 Å². The lowest BCUT2D eigenvalue weighted by atomic mass is 10.2. The molecule has 0 saturated heterocycles. The lowest BCUT2D eigenvalue weighted by molar-refractivity contribution is 0.0114. The van der Waals surface area contributed by atoms with Crippen LogP contribution in [0.1, 0.15) is 34.6 Å². The van der Waals surface area contributed by atoms with E-state index in [1.165, 1.54) is 0 Å². The van der Waals surface area contributed by atoms with Crippen LogP contribution in [0.25, 0.3) is 0 Å². The van der Waals surface area contributed by atoms with E-state index in [-0.39, 0.29) is 0 Å². The van der Waals surface area contributed by atoms with Crippen LogP contribution in [0, 0.1) is 11.8 Å². The van der Waals surface area contributed by atoms with Gasteiger partial charge in [0.25, 0.3) is 0 Å². The predicted molar refractivity (Wildman–Crippen MR) is 68.8 cm³/mol. The molecule has 0 bridgehead atoms. The normalized spacial score (nSPS) is 13.7. The zero-order chi connectivity index (χ0) is 12.4. The molecule has 0 radical (unpaired) electrons. The molecule has 1 N–H and O–H groups in total. The van der Waals surface area contributed by atoms with Crippen molar-refractivity contribution in [2.24, 2.45) is 11.8 Å². The number of ether oxygens (including phenoxy) is 2. The van der Waals surface area contributed by atoms with Crippen LogP contribution in [0.3, 0.4) is 0 Å². The summed E-state index contributed by atoms with van der Waals surface area (Å²) in [6, 6.07) is 0. The zero-order valence-corrected chi connectivity index (χ0v) is 11.6. The highest BCUT2D eigenvalue weighted by molar-refractivity contribution is 4.57. The van der Waals surface area contributed by atoms with Crippen molar-refractivity contribution < 1.29 is 9.47 Å². The van der Waals surface area contributed by atoms with Crippen molar-refractivity contribution in [3.05, 3.63) is 0 Å². The molecule has 0 aromatic heterocycles. The summed E-state index contributed by atoms with van der Waals surface area (Å²) >= 11 is 0. The largest absolute Gasteiger partial charge is 0.379 e. The third kappa shape index (κ3) is 12.0. The van der Waals surface area contributed by atoms with Gasteiger partial charge in [0.15, 0.2) is 0 Å². The summed E-state index contributed by atoms with van der Waals surface area (Å²) in [5, 5.41) is 3.43. The standard InChI is InChI=1S/C13H29NO2/c1-11(2)8-14-9-13(5)10-15-6-7-16-12(3)4/h11-14H,6-10H2,1-5H3. The molecule has 16 heavy (non-hydrogen) atoms. The molecule has 0 heterocycles. The van der Waals surface area contributed by atoms with Crippen molar-refractivity contribution in [3.8, 4) is 0 Å². The fourth-order valence-electron chi connectivity index (χ4n) is 1.30. The van der Waals surface area contributed by atoms with Gasteiger partial charge in [-0.15, -0.1) is 0 Å². The molecule has 0 saturated carbocycles. The number of hydrogen-bond donors (Lipinski definition) is 1. The highest BCUT2D eigenvalue weighted by atomic mass is 16.5. The molecule has 0 rings (SSSR count). The first-order chi connectivity index (χ1) is 7.52. The summed E-state index contributed by atoms with van der Waals surface area (Å²) in [7, 11) is 0. The molecule has 3 nitrogen and oxygen atoms in total. The number of hydrogen-bond acceptors (Lipinski definition) is 3. The second-order valence-corrected chi connectivity index (χ2v) is 5.15. The van der Waals surface area contributed by atoms with E-state index < -0.39 is 0 Å². The Balaban J connectivity index is 3.20. The van der Waals surface area contributed by atoms with Crippen molar-refractivity contribution in [1.82, 2.24) is 5.32 Å². The lowest BCUT2D eigenvalue weighted by Crippen LogP contribution is -2.27. The Morgan fingerprint density at radius 3 is 2.19 bits per heavy atom. The van der Waals surface area contributed by atoms with Gasteiger partial charge in [0.1, 0.15) is 0 Å². The fraction of sp³-hybridized carbons (Fsp3) is 1.00. The van der Waals surface area contributed by atoms with E-state index in [2.05, 4.69) is 26.1 Å². The molecule has 1 atom stereocenters. The summed E-state index contributed by atoms with van der Waals surface area (Å²) in [5.74, 6) is 1.28. The molecule has 98 valence electrons. The Morgan fingerprint density at radius 1 is 0.938 bits per heavy atom. The molecular formula is C13H29NO2. The van der Waals surface area contributed by atoms with Gasteiger partial charge in [-0.2, -0.15) is 0 Å². The Bertz CT molecular complexity index is 149. The molecule has 0 aromatic carbocycles. The average molecular weight is 231 g/mol. The monoisotopic (exact) mass is 231 g/mol. The fourth-order valence-corrected chi connectivity index (χ4v) is 1.30. The maximum absolute atomic E-state index is 5.54. The summed E-state index contributed by atoms with van der Waals surface area (Å²) in [6.07, 6.45) is 0.300. The predicted octanol–water partition coefficient (Wildman–Crippen LogP) is 2.31. The Morgan fingerprint density at radius 2 is 1.62 bits per heavy atom. The summed E-state index contributed by atoms with van der Waals surface area (Å²) in [4.78, 5) is 0. The minimum absolute atomic E-state index is 0.300. The molecule has 3 heteroatoms. The second-order valence-electron chi connectivity index (χ2n) is 5.15. The van der Waals surface area contributed by atoms with Gasteiger partial charge in [-0.3, -0.25) is 0 Å². The number of rotatable bonds is 10. The van der Waals surface area contributed by atoms with E-state index in [0.29, 0.717) is 31.2 Å². The third-order valence-corrected chi connectivity index (χ3v) is 2.13. The molecular weight excluding hydrogens is 202 g/mol. The molecule has 0 spiro atoms. The Kier molecular flexibility index (Phi) is 9.99. The maximum atomic E-state index is 5.54. The molecule has 0 fully saturated rings. The minimum Gasteiger partial charge on any atom is -0.379 e. The van der Waals surface area contributed by atoms with Gasteiger partial charge in [0, 0.05) is 0 Å².